The van der Waals surface area contributed by atoms with Gasteiger partial charge < -0.3 is 10.4 Å². The number of rotatable bonds is 4. The van der Waals surface area contributed by atoms with Crippen LogP contribution in [0.4, 0.5) is 18.9 Å². The van der Waals surface area contributed by atoms with Crippen molar-refractivity contribution in [1.29, 1.82) is 0 Å². The molecule has 1 atom stereocenters. The summed E-state index contributed by atoms with van der Waals surface area (Å²) >= 11 is 1.49. The van der Waals surface area contributed by atoms with Crippen LogP contribution in [-0.4, -0.2) is 16.6 Å². The summed E-state index contributed by atoms with van der Waals surface area (Å²) in [6.07, 6.45) is -3.63. The topological polar surface area (TPSA) is 45.1 Å². The summed E-state index contributed by atoms with van der Waals surface area (Å²) in [7, 11) is 0. The average molecular weight is 338 g/mol. The second-order valence-corrected chi connectivity index (χ2v) is 5.82. The monoisotopic (exact) mass is 338 g/mol. The van der Waals surface area contributed by atoms with Crippen LogP contribution in [0.25, 0.3) is 10.9 Å². The highest BCUT2D eigenvalue weighted by Crippen LogP contribution is 2.32. The first kappa shape index (κ1) is 15.8. The average Bonchev–Trinajstić information content (AvgIpc) is 3.05. The second kappa shape index (κ2) is 6.17. The van der Waals surface area contributed by atoms with Crippen molar-refractivity contribution in [2.45, 2.75) is 12.3 Å². The molecule has 1 unspecified atom stereocenters. The predicted octanol–water partition coefficient (Wildman–Crippen LogP) is 4.46. The Hall–Kier alpha value is -2.12. The molecule has 3 nitrogen and oxygen atoms in total. The predicted molar refractivity (Wildman–Crippen MR) is 84.5 cm³/mol. The van der Waals surface area contributed by atoms with Crippen molar-refractivity contribution in [2.24, 2.45) is 0 Å². The number of fused-ring (bicyclic) bond motifs is 1. The van der Waals surface area contributed by atoms with Gasteiger partial charge in [-0.15, -0.1) is 0 Å². The fourth-order valence-corrected chi connectivity index (χ4v) is 2.97. The molecule has 0 saturated carbocycles. The minimum atomic E-state index is -4.39. The Balaban J connectivity index is 1.84. The van der Waals surface area contributed by atoms with E-state index in [9.17, 15) is 18.3 Å². The zero-order valence-electron chi connectivity index (χ0n) is 11.8. The molecule has 0 aliphatic heterocycles. The van der Waals surface area contributed by atoms with Crippen molar-refractivity contribution in [3.63, 3.8) is 0 Å². The molecule has 0 aliphatic rings. The third-order valence-electron chi connectivity index (χ3n) is 3.48. The summed E-state index contributed by atoms with van der Waals surface area (Å²) in [6, 6.07) is 6.96. The van der Waals surface area contributed by atoms with Crippen LogP contribution in [0.2, 0.25) is 0 Å². The molecule has 2 heterocycles. The van der Waals surface area contributed by atoms with Crippen molar-refractivity contribution in [2.75, 3.05) is 11.9 Å². The van der Waals surface area contributed by atoms with Crippen LogP contribution < -0.4 is 5.32 Å². The van der Waals surface area contributed by atoms with Crippen LogP contribution in [0, 0.1) is 0 Å². The molecule has 120 valence electrons. The van der Waals surface area contributed by atoms with Crippen molar-refractivity contribution in [1.82, 2.24) is 4.98 Å². The molecule has 0 spiro atoms. The van der Waals surface area contributed by atoms with Crippen LogP contribution in [0.5, 0.6) is 0 Å². The minimum absolute atomic E-state index is 0.259. The lowest BCUT2D eigenvalue weighted by molar-refractivity contribution is -0.137. The van der Waals surface area contributed by atoms with E-state index in [1.165, 1.54) is 23.6 Å². The van der Waals surface area contributed by atoms with Crippen LogP contribution in [0.1, 0.15) is 17.2 Å². The highest BCUT2D eigenvalue weighted by Gasteiger charge is 2.30. The normalized spacial score (nSPS) is 13.2. The number of pyridine rings is 1. The molecule has 1 aromatic carbocycles. The summed E-state index contributed by atoms with van der Waals surface area (Å²) in [4.78, 5) is 3.99. The van der Waals surface area contributed by atoms with Gasteiger partial charge in [0.2, 0.25) is 0 Å². The van der Waals surface area contributed by atoms with E-state index < -0.39 is 17.8 Å². The molecule has 3 rings (SSSR count). The first-order chi connectivity index (χ1) is 10.9. The van der Waals surface area contributed by atoms with Crippen molar-refractivity contribution < 1.29 is 18.3 Å². The van der Waals surface area contributed by atoms with E-state index in [1.54, 1.807) is 6.07 Å². The molecule has 3 aromatic rings. The zero-order valence-corrected chi connectivity index (χ0v) is 12.7. The molecule has 2 aromatic heterocycles. The Morgan fingerprint density at radius 1 is 1.22 bits per heavy atom. The van der Waals surface area contributed by atoms with Gasteiger partial charge in [0.15, 0.2) is 0 Å². The van der Waals surface area contributed by atoms with Gasteiger partial charge in [-0.2, -0.15) is 24.5 Å². The summed E-state index contributed by atoms with van der Waals surface area (Å²) < 4.78 is 38.3. The maximum atomic E-state index is 12.8. The van der Waals surface area contributed by atoms with Gasteiger partial charge in [0.1, 0.15) is 0 Å². The van der Waals surface area contributed by atoms with Crippen LogP contribution in [-0.2, 0) is 6.18 Å². The third kappa shape index (κ3) is 3.46. The Morgan fingerprint density at radius 2 is 2.04 bits per heavy atom. The highest BCUT2D eigenvalue weighted by atomic mass is 32.1. The van der Waals surface area contributed by atoms with Gasteiger partial charge in [-0.1, -0.05) is 6.07 Å². The molecule has 2 N–H and O–H groups in total. The van der Waals surface area contributed by atoms with Crippen molar-refractivity contribution in [3.8, 4) is 0 Å². The number of aliphatic hydroxyl groups is 1. The number of hydrogen-bond acceptors (Lipinski definition) is 4. The van der Waals surface area contributed by atoms with E-state index in [0.29, 0.717) is 11.1 Å². The molecule has 0 aliphatic carbocycles. The van der Waals surface area contributed by atoms with Gasteiger partial charge in [-0.3, -0.25) is 4.98 Å². The lowest BCUT2D eigenvalue weighted by Crippen LogP contribution is -2.12. The minimum Gasteiger partial charge on any atom is -0.387 e. The first-order valence-electron chi connectivity index (χ1n) is 6.85. The molecule has 0 fully saturated rings. The fraction of sp³-hybridized carbons (Fsp3) is 0.188. The van der Waals surface area contributed by atoms with Gasteiger partial charge in [-0.25, -0.2) is 0 Å². The molecule has 0 bridgehead atoms. The molecule has 0 amide bonds. The van der Waals surface area contributed by atoms with Crippen LogP contribution in [0.3, 0.4) is 0 Å². The lowest BCUT2D eigenvalue weighted by Gasteiger charge is -2.14. The highest BCUT2D eigenvalue weighted by molar-refractivity contribution is 7.07. The Kier molecular flexibility index (Phi) is 4.23. The number of aliphatic hydroxyl groups excluding tert-OH is 1. The van der Waals surface area contributed by atoms with Gasteiger partial charge >= 0.3 is 6.18 Å². The zero-order chi connectivity index (χ0) is 16.4. The van der Waals surface area contributed by atoms with E-state index in [-0.39, 0.29) is 12.1 Å². The van der Waals surface area contributed by atoms with E-state index >= 15 is 0 Å². The number of anilines is 1. The van der Waals surface area contributed by atoms with Crippen molar-refractivity contribution in [3.05, 3.63) is 58.4 Å². The SMILES string of the molecule is OC(CNc1ccnc2cc(C(F)(F)F)ccc12)c1ccsc1. The van der Waals surface area contributed by atoms with Crippen LogP contribution in [0.15, 0.2) is 47.3 Å². The molecular weight excluding hydrogens is 325 g/mol. The number of halogens is 3. The summed E-state index contributed by atoms with van der Waals surface area (Å²) in [6.45, 7) is 0.261. The molecule has 23 heavy (non-hydrogen) atoms. The van der Waals surface area contributed by atoms with E-state index in [0.717, 1.165) is 17.7 Å². The molecule has 0 radical (unpaired) electrons. The number of hydrogen-bond donors (Lipinski definition) is 2. The smallest absolute Gasteiger partial charge is 0.387 e. The largest absolute Gasteiger partial charge is 0.416 e. The Morgan fingerprint density at radius 3 is 2.74 bits per heavy atom. The van der Waals surface area contributed by atoms with Gasteiger partial charge in [0, 0.05) is 23.8 Å². The summed E-state index contributed by atoms with van der Waals surface area (Å²) in [5, 5.41) is 17.4. The Labute approximate surface area is 134 Å². The Bertz CT molecular complexity index is 803. The van der Waals surface area contributed by atoms with Gasteiger partial charge in [0.05, 0.1) is 17.2 Å². The van der Waals surface area contributed by atoms with E-state index in [4.69, 9.17) is 0 Å². The third-order valence-corrected chi connectivity index (χ3v) is 4.19. The van der Waals surface area contributed by atoms with Crippen molar-refractivity contribution >= 4 is 27.9 Å². The number of aromatic nitrogens is 1. The second-order valence-electron chi connectivity index (χ2n) is 5.04. The summed E-state index contributed by atoms with van der Waals surface area (Å²) in [5.74, 6) is 0. The maximum absolute atomic E-state index is 12.8. The first-order valence-corrected chi connectivity index (χ1v) is 7.79. The molecular formula is C16H13F3N2OS. The number of nitrogens with zero attached hydrogens (tertiary/aromatic N) is 1. The number of alkyl halides is 3. The van der Waals surface area contributed by atoms with Crippen LogP contribution >= 0.6 is 11.3 Å². The van der Waals surface area contributed by atoms with Gasteiger partial charge in [0.25, 0.3) is 0 Å². The number of nitrogens with one attached hydrogen (secondary N) is 1. The lowest BCUT2D eigenvalue weighted by atomic mass is 10.1. The maximum Gasteiger partial charge on any atom is 0.416 e. The summed E-state index contributed by atoms with van der Waals surface area (Å²) in [5.41, 5.74) is 0.973. The number of benzene rings is 1. The quantitative estimate of drug-likeness (QED) is 0.738. The standard InChI is InChI=1S/C16H13F3N2OS/c17-16(18,19)11-1-2-12-13(3-5-20-14(12)7-11)21-8-15(22)10-4-6-23-9-10/h1-7,9,15,22H,8H2,(H,20,21). The van der Waals surface area contributed by atoms with E-state index in [1.807, 2.05) is 16.8 Å². The fourth-order valence-electron chi connectivity index (χ4n) is 2.27. The molecule has 0 saturated heterocycles. The van der Waals surface area contributed by atoms with E-state index in [2.05, 4.69) is 10.3 Å². The molecule has 7 heteroatoms. The van der Waals surface area contributed by atoms with Gasteiger partial charge in [-0.05, 0) is 40.6 Å². The number of thiophene rings is 1.